The monoisotopic (exact) mass is 448 g/mol. The standard InChI is InChI=1S/C28H27F3N2/c1-2-18-8-7-9-20(16-23(18)19-14-15-19)32-27-17-26(33-25-13-6-4-11-22(25)27)21-10-3-5-12-24(21)28(29,30)31/h3-6,9-13,16-19H,2,7-8,14-15H2,1H3,(H,32,33). The predicted molar refractivity (Wildman–Crippen MR) is 128 cm³/mol. The van der Waals surface area contributed by atoms with Crippen molar-refractivity contribution in [3.63, 3.8) is 0 Å². The fourth-order valence-electron chi connectivity index (χ4n) is 4.88. The van der Waals surface area contributed by atoms with Crippen molar-refractivity contribution >= 4 is 16.6 Å². The summed E-state index contributed by atoms with van der Waals surface area (Å²) in [5, 5.41) is 4.45. The van der Waals surface area contributed by atoms with Crippen LogP contribution in [0.1, 0.15) is 44.6 Å². The van der Waals surface area contributed by atoms with E-state index < -0.39 is 11.7 Å². The van der Waals surface area contributed by atoms with E-state index in [1.807, 2.05) is 24.3 Å². The quantitative estimate of drug-likeness (QED) is 0.424. The molecule has 0 saturated heterocycles. The number of rotatable bonds is 5. The van der Waals surface area contributed by atoms with Gasteiger partial charge in [0.05, 0.1) is 22.5 Å². The van der Waals surface area contributed by atoms with Crippen LogP contribution in [0.5, 0.6) is 0 Å². The first-order valence-electron chi connectivity index (χ1n) is 11.7. The van der Waals surface area contributed by atoms with Crippen LogP contribution in [0.3, 0.4) is 0 Å². The van der Waals surface area contributed by atoms with E-state index in [4.69, 9.17) is 0 Å². The Kier molecular flexibility index (Phi) is 5.73. The highest BCUT2D eigenvalue weighted by Crippen LogP contribution is 2.44. The molecule has 1 saturated carbocycles. The number of anilines is 1. The van der Waals surface area contributed by atoms with Crippen LogP contribution < -0.4 is 5.32 Å². The highest BCUT2D eigenvalue weighted by molar-refractivity contribution is 5.94. The second-order valence-corrected chi connectivity index (χ2v) is 9.00. The molecule has 1 unspecified atom stereocenters. The van der Waals surface area contributed by atoms with Crippen molar-refractivity contribution in [3.8, 4) is 11.3 Å². The Morgan fingerprint density at radius 1 is 1.00 bits per heavy atom. The third-order valence-electron chi connectivity index (χ3n) is 6.72. The van der Waals surface area contributed by atoms with Crippen molar-refractivity contribution in [1.82, 2.24) is 4.98 Å². The molecule has 2 aliphatic carbocycles. The number of pyridine rings is 1. The molecule has 0 aliphatic heterocycles. The number of hydrogen-bond acceptors (Lipinski definition) is 2. The van der Waals surface area contributed by atoms with Crippen molar-refractivity contribution in [2.75, 3.05) is 5.32 Å². The molecule has 0 spiro atoms. The number of nitrogens with zero attached hydrogens (tertiary/aromatic N) is 1. The molecular formula is C28H27F3N2. The number of allylic oxidation sites excluding steroid dienone is 3. The van der Waals surface area contributed by atoms with E-state index in [2.05, 4.69) is 29.4 Å². The predicted octanol–water partition coefficient (Wildman–Crippen LogP) is 8.37. The molecule has 2 aliphatic rings. The number of halogens is 3. The number of nitrogens with one attached hydrogen (secondary N) is 1. The lowest BCUT2D eigenvalue weighted by molar-refractivity contribution is -0.137. The van der Waals surface area contributed by atoms with Crippen LogP contribution in [0.2, 0.25) is 0 Å². The van der Waals surface area contributed by atoms with Crippen LogP contribution in [-0.4, -0.2) is 4.98 Å². The van der Waals surface area contributed by atoms with E-state index in [-0.39, 0.29) is 5.56 Å². The zero-order valence-electron chi connectivity index (χ0n) is 18.6. The molecule has 5 rings (SSSR count). The smallest absolute Gasteiger partial charge is 0.355 e. The maximum absolute atomic E-state index is 13.7. The van der Waals surface area contributed by atoms with Crippen molar-refractivity contribution < 1.29 is 13.2 Å². The van der Waals surface area contributed by atoms with Gasteiger partial charge in [-0.05, 0) is 68.2 Å². The molecule has 5 heteroatoms. The summed E-state index contributed by atoms with van der Waals surface area (Å²) >= 11 is 0. The summed E-state index contributed by atoms with van der Waals surface area (Å²) in [6.45, 7) is 2.25. The average molecular weight is 449 g/mol. The summed E-state index contributed by atoms with van der Waals surface area (Å²) in [4.78, 5) is 4.60. The fourth-order valence-corrected chi connectivity index (χ4v) is 4.88. The van der Waals surface area contributed by atoms with Crippen LogP contribution in [0.15, 0.2) is 78.0 Å². The van der Waals surface area contributed by atoms with Gasteiger partial charge >= 0.3 is 6.18 Å². The molecule has 0 radical (unpaired) electrons. The van der Waals surface area contributed by atoms with Crippen LogP contribution in [0, 0.1) is 11.8 Å². The second-order valence-electron chi connectivity index (χ2n) is 9.00. The maximum Gasteiger partial charge on any atom is 0.417 e. The SMILES string of the molecule is CCC1CCC=C(Nc2cc(-c3ccccc3C(F)(F)F)nc3ccccc23)C=C1C1CC1. The van der Waals surface area contributed by atoms with Crippen molar-refractivity contribution in [1.29, 1.82) is 0 Å². The number of fused-ring (bicyclic) bond motifs is 1. The van der Waals surface area contributed by atoms with Gasteiger partial charge in [0.2, 0.25) is 0 Å². The first-order valence-corrected chi connectivity index (χ1v) is 11.7. The molecule has 1 heterocycles. The molecular weight excluding hydrogens is 421 g/mol. The van der Waals surface area contributed by atoms with Crippen molar-refractivity contribution in [2.24, 2.45) is 11.8 Å². The Balaban J connectivity index is 1.60. The Morgan fingerprint density at radius 3 is 2.52 bits per heavy atom. The first kappa shape index (κ1) is 21.7. The highest BCUT2D eigenvalue weighted by Gasteiger charge is 2.34. The van der Waals surface area contributed by atoms with Crippen LogP contribution in [0.4, 0.5) is 18.9 Å². The van der Waals surface area contributed by atoms with Gasteiger partial charge in [0.25, 0.3) is 0 Å². The van der Waals surface area contributed by atoms with Crippen molar-refractivity contribution in [3.05, 3.63) is 83.6 Å². The summed E-state index contributed by atoms with van der Waals surface area (Å²) in [7, 11) is 0. The Labute approximate surface area is 192 Å². The van der Waals surface area contributed by atoms with Crippen molar-refractivity contribution in [2.45, 2.75) is 45.2 Å². The molecule has 33 heavy (non-hydrogen) atoms. The molecule has 2 nitrogen and oxygen atoms in total. The fraction of sp³-hybridized carbons (Fsp3) is 0.321. The largest absolute Gasteiger partial charge is 0.417 e. The molecule has 2 aromatic carbocycles. The lowest BCUT2D eigenvalue weighted by atomic mass is 9.89. The van der Waals surface area contributed by atoms with Gasteiger partial charge in [0, 0.05) is 16.6 Å². The summed E-state index contributed by atoms with van der Waals surface area (Å²) in [5.74, 6) is 1.29. The molecule has 1 atom stereocenters. The topological polar surface area (TPSA) is 24.9 Å². The van der Waals surface area contributed by atoms with E-state index in [0.717, 1.165) is 42.1 Å². The van der Waals surface area contributed by atoms with E-state index in [1.54, 1.807) is 12.1 Å². The van der Waals surface area contributed by atoms with Crippen LogP contribution >= 0.6 is 0 Å². The molecule has 1 aromatic heterocycles. The Morgan fingerprint density at radius 2 is 1.76 bits per heavy atom. The first-order chi connectivity index (χ1) is 15.9. The maximum atomic E-state index is 13.7. The number of hydrogen-bond donors (Lipinski definition) is 1. The number of para-hydroxylation sites is 1. The summed E-state index contributed by atoms with van der Waals surface area (Å²) in [5.41, 5.74) is 3.73. The van der Waals surface area contributed by atoms with E-state index >= 15 is 0 Å². The molecule has 0 amide bonds. The normalized spacial score (nSPS) is 19.1. The average Bonchev–Trinajstić information content (AvgIpc) is 3.66. The minimum Gasteiger partial charge on any atom is -0.355 e. The number of benzene rings is 2. The van der Waals surface area contributed by atoms with Gasteiger partial charge in [-0.1, -0.05) is 55.0 Å². The lowest BCUT2D eigenvalue weighted by Crippen LogP contribution is -2.08. The third-order valence-corrected chi connectivity index (χ3v) is 6.72. The van der Waals surface area contributed by atoms with E-state index in [9.17, 15) is 13.2 Å². The summed E-state index contributed by atoms with van der Waals surface area (Å²) in [6, 6.07) is 15.0. The van der Waals surface area contributed by atoms with Gasteiger partial charge < -0.3 is 5.32 Å². The van der Waals surface area contributed by atoms with Gasteiger partial charge in [-0.25, -0.2) is 4.98 Å². The minimum atomic E-state index is -4.45. The molecule has 170 valence electrons. The highest BCUT2D eigenvalue weighted by atomic mass is 19.4. The second kappa shape index (κ2) is 8.69. The van der Waals surface area contributed by atoms with Gasteiger partial charge in [0.1, 0.15) is 0 Å². The summed E-state index contributed by atoms with van der Waals surface area (Å²) < 4.78 is 41.1. The van der Waals surface area contributed by atoms with E-state index in [0.29, 0.717) is 23.0 Å². The zero-order valence-corrected chi connectivity index (χ0v) is 18.6. The van der Waals surface area contributed by atoms with Crippen LogP contribution in [-0.2, 0) is 6.18 Å². The van der Waals surface area contributed by atoms with Gasteiger partial charge in [-0.2, -0.15) is 13.2 Å². The van der Waals surface area contributed by atoms with Gasteiger partial charge in [-0.3, -0.25) is 0 Å². The Bertz CT molecular complexity index is 1240. The number of aromatic nitrogens is 1. The van der Waals surface area contributed by atoms with E-state index in [1.165, 1.54) is 30.5 Å². The summed E-state index contributed by atoms with van der Waals surface area (Å²) in [6.07, 6.45) is 5.84. The zero-order chi connectivity index (χ0) is 23.0. The molecule has 1 fully saturated rings. The van der Waals surface area contributed by atoms with Crippen LogP contribution in [0.25, 0.3) is 22.2 Å². The van der Waals surface area contributed by atoms with Gasteiger partial charge in [-0.15, -0.1) is 0 Å². The van der Waals surface area contributed by atoms with Gasteiger partial charge in [0.15, 0.2) is 0 Å². The minimum absolute atomic E-state index is 0.0916. The lowest BCUT2D eigenvalue weighted by Gasteiger charge is -2.18. The molecule has 1 N–H and O–H groups in total. The molecule has 3 aromatic rings. The molecule has 0 bridgehead atoms. The number of alkyl halides is 3. The Hall–Kier alpha value is -3.08. The third kappa shape index (κ3) is 4.54.